The molecule has 3 rings (SSSR count). The maximum atomic E-state index is 13.0. The highest BCUT2D eigenvalue weighted by atomic mass is 35.5. The number of aryl methyl sites for hydroxylation is 1. The van der Waals surface area contributed by atoms with Crippen LogP contribution in [-0.2, 0) is 19.4 Å². The molecular weight excluding hydrogens is 362 g/mol. The third-order valence-electron chi connectivity index (χ3n) is 4.31. The van der Waals surface area contributed by atoms with E-state index in [1.165, 1.54) is 0 Å². The molecule has 142 valence electrons. The predicted molar refractivity (Wildman–Crippen MR) is 106 cm³/mol. The Morgan fingerprint density at radius 3 is 2.67 bits per heavy atom. The highest BCUT2D eigenvalue weighted by molar-refractivity contribution is 6.30. The molecule has 1 N–H and O–H groups in total. The molecular formula is C21H24ClN3O2. The molecule has 0 unspecified atom stereocenters. The van der Waals surface area contributed by atoms with Gasteiger partial charge in [-0.05, 0) is 43.2 Å². The van der Waals surface area contributed by atoms with Crippen molar-refractivity contribution < 1.29 is 9.21 Å². The van der Waals surface area contributed by atoms with Crippen LogP contribution >= 0.6 is 11.6 Å². The maximum absolute atomic E-state index is 13.0. The fourth-order valence-corrected chi connectivity index (χ4v) is 3.32. The lowest BCUT2D eigenvalue weighted by molar-refractivity contribution is 0.0946. The normalized spacial score (nSPS) is 10.9. The van der Waals surface area contributed by atoms with Crippen molar-refractivity contribution in [3.8, 4) is 5.69 Å². The van der Waals surface area contributed by atoms with Crippen LogP contribution in [0.3, 0.4) is 0 Å². The molecule has 1 amide bonds. The summed E-state index contributed by atoms with van der Waals surface area (Å²) >= 11 is 6.17. The van der Waals surface area contributed by atoms with Crippen molar-refractivity contribution in [2.75, 3.05) is 0 Å². The van der Waals surface area contributed by atoms with Gasteiger partial charge in [-0.2, -0.15) is 5.10 Å². The molecule has 0 aliphatic heterocycles. The second-order valence-corrected chi connectivity index (χ2v) is 6.86. The Morgan fingerprint density at radius 1 is 1.19 bits per heavy atom. The first-order valence-corrected chi connectivity index (χ1v) is 9.69. The fraction of sp³-hybridized carbons (Fsp3) is 0.333. The van der Waals surface area contributed by atoms with Gasteiger partial charge in [-0.1, -0.05) is 44.4 Å². The smallest absolute Gasteiger partial charge is 0.255 e. The lowest BCUT2D eigenvalue weighted by atomic mass is 10.1. The van der Waals surface area contributed by atoms with Crippen LogP contribution in [0.2, 0.25) is 5.02 Å². The first kappa shape index (κ1) is 19.2. The van der Waals surface area contributed by atoms with Crippen LogP contribution in [0.25, 0.3) is 5.69 Å². The van der Waals surface area contributed by atoms with Gasteiger partial charge >= 0.3 is 0 Å². The molecule has 0 saturated carbocycles. The molecule has 0 atom stereocenters. The molecule has 0 spiro atoms. The van der Waals surface area contributed by atoms with Gasteiger partial charge in [0.15, 0.2) is 0 Å². The Balaban J connectivity index is 2.00. The molecule has 3 aromatic rings. The summed E-state index contributed by atoms with van der Waals surface area (Å²) in [6, 6.07) is 11.2. The van der Waals surface area contributed by atoms with E-state index in [1.54, 1.807) is 6.26 Å². The monoisotopic (exact) mass is 385 g/mol. The predicted octanol–water partition coefficient (Wildman–Crippen LogP) is 4.95. The lowest BCUT2D eigenvalue weighted by Gasteiger charge is -2.10. The van der Waals surface area contributed by atoms with Crippen LogP contribution in [0.15, 0.2) is 47.1 Å². The zero-order chi connectivity index (χ0) is 19.2. The molecule has 6 heteroatoms. The number of carbonyl (C=O) groups excluding carboxylic acids is 1. The summed E-state index contributed by atoms with van der Waals surface area (Å²) in [5.74, 6) is 0.603. The van der Waals surface area contributed by atoms with Crippen molar-refractivity contribution in [3.05, 3.63) is 70.4 Å². The van der Waals surface area contributed by atoms with Gasteiger partial charge in [-0.25, -0.2) is 4.68 Å². The Morgan fingerprint density at radius 2 is 2.00 bits per heavy atom. The molecule has 2 heterocycles. The van der Waals surface area contributed by atoms with Gasteiger partial charge < -0.3 is 9.73 Å². The molecule has 0 saturated heterocycles. The minimum absolute atomic E-state index is 0.119. The second kappa shape index (κ2) is 8.91. The van der Waals surface area contributed by atoms with E-state index in [1.807, 2.05) is 41.1 Å². The van der Waals surface area contributed by atoms with Gasteiger partial charge in [0, 0.05) is 5.02 Å². The topological polar surface area (TPSA) is 60.1 Å². The number of hydrogen-bond donors (Lipinski definition) is 1. The average molecular weight is 386 g/mol. The number of hydrogen-bond acceptors (Lipinski definition) is 3. The minimum atomic E-state index is -0.119. The van der Waals surface area contributed by atoms with Crippen LogP contribution in [0, 0.1) is 0 Å². The van der Waals surface area contributed by atoms with Crippen molar-refractivity contribution in [1.82, 2.24) is 15.1 Å². The molecule has 5 nitrogen and oxygen atoms in total. The number of aromatic nitrogens is 2. The Kier molecular flexibility index (Phi) is 6.35. The van der Waals surface area contributed by atoms with E-state index >= 15 is 0 Å². The van der Waals surface area contributed by atoms with Crippen molar-refractivity contribution in [1.29, 1.82) is 0 Å². The zero-order valence-electron chi connectivity index (χ0n) is 15.7. The van der Waals surface area contributed by atoms with Crippen molar-refractivity contribution >= 4 is 17.5 Å². The van der Waals surface area contributed by atoms with Crippen molar-refractivity contribution in [2.24, 2.45) is 0 Å². The number of halogens is 1. The quantitative estimate of drug-likeness (QED) is 0.596. The molecule has 0 bridgehead atoms. The molecule has 27 heavy (non-hydrogen) atoms. The Labute approximate surface area is 164 Å². The summed E-state index contributed by atoms with van der Waals surface area (Å²) in [7, 11) is 0. The molecule has 0 radical (unpaired) electrons. The first-order valence-electron chi connectivity index (χ1n) is 9.31. The molecule has 2 aromatic heterocycles. The molecule has 0 aliphatic rings. The summed E-state index contributed by atoms with van der Waals surface area (Å²) in [5.41, 5.74) is 3.27. The van der Waals surface area contributed by atoms with E-state index in [4.69, 9.17) is 21.1 Å². The van der Waals surface area contributed by atoms with E-state index in [0.717, 1.165) is 48.5 Å². The van der Waals surface area contributed by atoms with E-state index in [2.05, 4.69) is 19.2 Å². The standard InChI is InChI=1S/C21H24ClN3O2/c1-3-7-18-20(21(26)23-14-17-11-6-12-27-17)19(8-4-2)25(24-18)16-10-5-9-15(22)13-16/h5-6,9-13H,3-4,7-8,14H2,1-2H3,(H,23,26). The molecule has 0 aliphatic carbocycles. The van der Waals surface area contributed by atoms with Crippen LogP contribution in [0.1, 0.15) is 54.2 Å². The minimum Gasteiger partial charge on any atom is -0.467 e. The van der Waals surface area contributed by atoms with Gasteiger partial charge in [0.2, 0.25) is 0 Å². The Bertz CT molecular complexity index is 900. The van der Waals surface area contributed by atoms with Gasteiger partial charge in [-0.15, -0.1) is 0 Å². The molecule has 0 fully saturated rings. The zero-order valence-corrected chi connectivity index (χ0v) is 16.4. The summed E-state index contributed by atoms with van der Waals surface area (Å²) in [4.78, 5) is 13.0. The van der Waals surface area contributed by atoms with Crippen LogP contribution in [-0.4, -0.2) is 15.7 Å². The summed E-state index contributed by atoms with van der Waals surface area (Å²) in [5, 5.41) is 8.38. The van der Waals surface area contributed by atoms with Crippen molar-refractivity contribution in [2.45, 2.75) is 46.1 Å². The third kappa shape index (κ3) is 4.42. The highest BCUT2D eigenvalue weighted by Crippen LogP contribution is 2.24. The second-order valence-electron chi connectivity index (χ2n) is 6.42. The number of nitrogens with one attached hydrogen (secondary N) is 1. The summed E-state index contributed by atoms with van der Waals surface area (Å²) < 4.78 is 7.18. The number of furan rings is 1. The Hall–Kier alpha value is -2.53. The summed E-state index contributed by atoms with van der Waals surface area (Å²) in [6.07, 6.45) is 4.93. The maximum Gasteiger partial charge on any atom is 0.255 e. The number of nitrogens with zero attached hydrogens (tertiary/aromatic N) is 2. The number of benzene rings is 1. The van der Waals surface area contributed by atoms with E-state index in [-0.39, 0.29) is 5.91 Å². The van der Waals surface area contributed by atoms with Crippen LogP contribution in [0.4, 0.5) is 0 Å². The van der Waals surface area contributed by atoms with E-state index < -0.39 is 0 Å². The first-order chi connectivity index (χ1) is 13.1. The summed E-state index contributed by atoms with van der Waals surface area (Å²) in [6.45, 7) is 4.53. The van der Waals surface area contributed by atoms with Crippen LogP contribution in [0.5, 0.6) is 0 Å². The number of carbonyl (C=O) groups is 1. The SMILES string of the molecule is CCCc1nn(-c2cccc(Cl)c2)c(CCC)c1C(=O)NCc1ccco1. The third-order valence-corrected chi connectivity index (χ3v) is 4.55. The number of rotatable bonds is 8. The van der Waals surface area contributed by atoms with Gasteiger partial charge in [0.25, 0.3) is 5.91 Å². The number of amides is 1. The van der Waals surface area contributed by atoms with Crippen LogP contribution < -0.4 is 5.32 Å². The lowest BCUT2D eigenvalue weighted by Crippen LogP contribution is -2.24. The largest absolute Gasteiger partial charge is 0.467 e. The van der Waals surface area contributed by atoms with E-state index in [9.17, 15) is 4.79 Å². The van der Waals surface area contributed by atoms with Gasteiger partial charge in [-0.3, -0.25) is 4.79 Å². The van der Waals surface area contributed by atoms with E-state index in [0.29, 0.717) is 17.1 Å². The molecule has 1 aromatic carbocycles. The van der Waals surface area contributed by atoms with Gasteiger partial charge in [0.1, 0.15) is 5.76 Å². The van der Waals surface area contributed by atoms with Gasteiger partial charge in [0.05, 0.1) is 35.4 Å². The average Bonchev–Trinajstić information content (AvgIpc) is 3.29. The fourth-order valence-electron chi connectivity index (χ4n) is 3.14. The van der Waals surface area contributed by atoms with Crippen molar-refractivity contribution in [3.63, 3.8) is 0 Å². The highest BCUT2D eigenvalue weighted by Gasteiger charge is 2.23.